The van der Waals surface area contributed by atoms with Gasteiger partial charge in [0.05, 0.1) is 12.1 Å². The molecule has 1 aromatic heterocycles. The number of carbonyl (C=O) groups is 2. The van der Waals surface area contributed by atoms with Crippen LogP contribution in [0, 0.1) is 6.92 Å². The number of rotatable bonds is 6. The number of hydrogen-bond acceptors (Lipinski definition) is 3. The summed E-state index contributed by atoms with van der Waals surface area (Å²) >= 11 is 0. The Balaban J connectivity index is 2.28. The Morgan fingerprint density at radius 3 is 2.53 bits per heavy atom. The van der Waals surface area contributed by atoms with Crippen LogP contribution in [-0.2, 0) is 6.54 Å². The van der Waals surface area contributed by atoms with Crippen molar-refractivity contribution in [2.24, 2.45) is 5.73 Å². The van der Waals surface area contributed by atoms with Crippen LogP contribution in [0.3, 0.4) is 0 Å². The van der Waals surface area contributed by atoms with Gasteiger partial charge in [-0.1, -0.05) is 12.1 Å². The van der Waals surface area contributed by atoms with Gasteiger partial charge < -0.3 is 20.3 Å². The minimum absolute atomic E-state index is 0.0116. The zero-order valence-electron chi connectivity index (χ0n) is 17.1. The molecular weight excluding hydrogens is 385 g/mol. The van der Waals surface area contributed by atoms with Crippen molar-refractivity contribution in [1.82, 2.24) is 9.47 Å². The highest BCUT2D eigenvalue weighted by Gasteiger charge is 2.19. The van der Waals surface area contributed by atoms with Gasteiger partial charge in [0.1, 0.15) is 5.83 Å². The van der Waals surface area contributed by atoms with Crippen LogP contribution in [0.15, 0.2) is 54.4 Å². The van der Waals surface area contributed by atoms with Crippen LogP contribution in [-0.4, -0.2) is 47.1 Å². The van der Waals surface area contributed by atoms with Gasteiger partial charge in [0.15, 0.2) is 0 Å². The highest BCUT2D eigenvalue weighted by Crippen LogP contribution is 2.36. The molecule has 0 fully saturated rings. The number of fused-ring (bicyclic) bond motifs is 1. The van der Waals surface area contributed by atoms with E-state index in [2.05, 4.69) is 0 Å². The average molecular weight is 409 g/mol. The lowest BCUT2D eigenvalue weighted by molar-refractivity contribution is 0.0696. The minimum Gasteiger partial charge on any atom is -0.478 e. The zero-order chi connectivity index (χ0) is 22.0. The number of hydrogen-bond donors (Lipinski definition) is 2. The number of benzene rings is 2. The van der Waals surface area contributed by atoms with Crippen LogP contribution in [0.1, 0.15) is 26.4 Å². The molecule has 3 aromatic rings. The molecule has 7 heteroatoms. The lowest BCUT2D eigenvalue weighted by Gasteiger charge is -2.12. The number of nitrogens with two attached hydrogens (primary N) is 1. The molecule has 156 valence electrons. The number of halogens is 1. The number of aromatic carboxylic acids is 1. The van der Waals surface area contributed by atoms with Crippen LogP contribution >= 0.6 is 0 Å². The highest BCUT2D eigenvalue weighted by atomic mass is 19.1. The summed E-state index contributed by atoms with van der Waals surface area (Å²) in [6.45, 7) is 1.93. The number of carbonyl (C=O) groups excluding carboxylic acids is 1. The van der Waals surface area contributed by atoms with Gasteiger partial charge in [-0.3, -0.25) is 4.79 Å². The number of carboxylic acid groups (broad SMARTS) is 1. The first-order valence-corrected chi connectivity index (χ1v) is 9.47. The summed E-state index contributed by atoms with van der Waals surface area (Å²) < 4.78 is 16.1. The van der Waals surface area contributed by atoms with Gasteiger partial charge in [-0.25, -0.2) is 9.18 Å². The maximum absolute atomic E-state index is 14.3. The quantitative estimate of drug-likeness (QED) is 0.648. The number of aromatic nitrogens is 1. The Labute approximate surface area is 174 Å². The minimum atomic E-state index is -1.04. The van der Waals surface area contributed by atoms with Gasteiger partial charge in [0.25, 0.3) is 5.91 Å². The van der Waals surface area contributed by atoms with E-state index >= 15 is 0 Å². The Morgan fingerprint density at radius 1 is 1.17 bits per heavy atom. The predicted molar refractivity (Wildman–Crippen MR) is 115 cm³/mol. The normalized spacial score (nSPS) is 11.7. The van der Waals surface area contributed by atoms with E-state index in [1.807, 2.05) is 13.0 Å². The number of amides is 1. The molecule has 0 radical (unpaired) electrons. The second-order valence-electron chi connectivity index (χ2n) is 7.25. The number of nitrogens with zero attached hydrogens (tertiary/aromatic N) is 2. The van der Waals surface area contributed by atoms with Crippen molar-refractivity contribution in [1.29, 1.82) is 0 Å². The fourth-order valence-corrected chi connectivity index (χ4v) is 3.59. The van der Waals surface area contributed by atoms with Gasteiger partial charge >= 0.3 is 5.97 Å². The van der Waals surface area contributed by atoms with Crippen molar-refractivity contribution in [2.75, 3.05) is 20.6 Å². The summed E-state index contributed by atoms with van der Waals surface area (Å²) in [6, 6.07) is 11.9. The summed E-state index contributed by atoms with van der Waals surface area (Å²) in [7, 11) is 3.36. The first-order chi connectivity index (χ1) is 14.2. The van der Waals surface area contributed by atoms with E-state index in [-0.39, 0.29) is 30.4 Å². The molecule has 0 bridgehead atoms. The topological polar surface area (TPSA) is 88.6 Å². The van der Waals surface area contributed by atoms with E-state index in [0.717, 1.165) is 16.8 Å². The summed E-state index contributed by atoms with van der Waals surface area (Å²) in [5, 5.41) is 10.1. The van der Waals surface area contributed by atoms with Gasteiger partial charge in [0, 0.05) is 48.4 Å². The van der Waals surface area contributed by atoms with Crippen molar-refractivity contribution in [3.8, 4) is 11.1 Å². The van der Waals surface area contributed by atoms with Crippen molar-refractivity contribution in [2.45, 2.75) is 13.5 Å². The summed E-state index contributed by atoms with van der Waals surface area (Å²) in [4.78, 5) is 25.4. The second kappa shape index (κ2) is 8.51. The summed E-state index contributed by atoms with van der Waals surface area (Å²) in [5.74, 6) is -1.55. The largest absolute Gasteiger partial charge is 0.478 e. The van der Waals surface area contributed by atoms with Gasteiger partial charge in [-0.2, -0.15) is 0 Å². The lowest BCUT2D eigenvalue weighted by atomic mass is 9.99. The van der Waals surface area contributed by atoms with Crippen molar-refractivity contribution < 1.29 is 19.1 Å². The molecule has 30 heavy (non-hydrogen) atoms. The average Bonchev–Trinajstić information content (AvgIpc) is 2.98. The Kier molecular flexibility index (Phi) is 6.03. The van der Waals surface area contributed by atoms with E-state index in [4.69, 9.17) is 5.73 Å². The SMILES string of the molecule is Cc1c(-c2cccc(C(=O)N(C)C)c2)c2cc(C(=O)O)ccc2n1CC(F)=CCN. The van der Waals surface area contributed by atoms with Gasteiger partial charge in [-0.05, 0) is 48.9 Å². The molecule has 2 aromatic carbocycles. The molecule has 0 aliphatic rings. The Morgan fingerprint density at radius 2 is 1.90 bits per heavy atom. The van der Waals surface area contributed by atoms with Crippen molar-refractivity contribution in [3.05, 3.63) is 71.2 Å². The van der Waals surface area contributed by atoms with Crippen molar-refractivity contribution in [3.63, 3.8) is 0 Å². The van der Waals surface area contributed by atoms with E-state index in [1.54, 1.807) is 49.0 Å². The molecule has 3 N–H and O–H groups in total. The number of allylic oxidation sites excluding steroid dienone is 1. The first-order valence-electron chi connectivity index (χ1n) is 9.47. The third-order valence-electron chi connectivity index (χ3n) is 5.02. The second-order valence-corrected chi connectivity index (χ2v) is 7.25. The highest BCUT2D eigenvalue weighted by molar-refractivity contribution is 6.03. The van der Waals surface area contributed by atoms with E-state index in [0.29, 0.717) is 16.5 Å². The Bertz CT molecular complexity index is 1160. The monoisotopic (exact) mass is 409 g/mol. The molecule has 0 spiro atoms. The predicted octanol–water partition coefficient (Wildman–Crippen LogP) is 3.83. The molecule has 0 aliphatic heterocycles. The van der Waals surface area contributed by atoms with Crippen molar-refractivity contribution >= 4 is 22.8 Å². The molecular formula is C23H24FN3O3. The van der Waals surface area contributed by atoms with Crippen LogP contribution in [0.5, 0.6) is 0 Å². The molecule has 0 unspecified atom stereocenters. The zero-order valence-corrected chi connectivity index (χ0v) is 17.1. The molecule has 0 aliphatic carbocycles. The van der Waals surface area contributed by atoms with E-state index < -0.39 is 5.97 Å². The summed E-state index contributed by atoms with van der Waals surface area (Å²) in [6.07, 6.45) is 1.31. The fourth-order valence-electron chi connectivity index (χ4n) is 3.59. The third kappa shape index (κ3) is 3.97. The standard InChI is InChI=1S/C23H24FN3O3/c1-14-21(15-5-4-6-16(11-15)22(28)26(2)3)19-12-17(23(29)30)7-8-20(19)27(14)13-18(24)9-10-25/h4-9,11-12H,10,13,25H2,1-3H3,(H,29,30). The van der Waals surface area contributed by atoms with Gasteiger partial charge in [-0.15, -0.1) is 0 Å². The molecule has 1 heterocycles. The van der Waals surface area contributed by atoms with Crippen LogP contribution in [0.25, 0.3) is 22.0 Å². The lowest BCUT2D eigenvalue weighted by Crippen LogP contribution is -2.21. The van der Waals surface area contributed by atoms with E-state index in [1.165, 1.54) is 17.0 Å². The number of carboxylic acids is 1. The van der Waals surface area contributed by atoms with Gasteiger partial charge in [0.2, 0.25) is 0 Å². The maximum atomic E-state index is 14.3. The molecule has 0 atom stereocenters. The third-order valence-corrected chi connectivity index (χ3v) is 5.02. The molecule has 1 amide bonds. The maximum Gasteiger partial charge on any atom is 0.335 e. The first kappa shape index (κ1) is 21.3. The van der Waals surface area contributed by atoms with Crippen LogP contribution < -0.4 is 5.73 Å². The molecule has 0 saturated carbocycles. The van der Waals surface area contributed by atoms with Crippen LogP contribution in [0.2, 0.25) is 0 Å². The van der Waals surface area contributed by atoms with E-state index in [9.17, 15) is 19.1 Å². The van der Waals surface area contributed by atoms with Crippen LogP contribution in [0.4, 0.5) is 4.39 Å². The molecule has 3 rings (SSSR count). The smallest absolute Gasteiger partial charge is 0.335 e. The fraction of sp³-hybridized carbons (Fsp3) is 0.217. The molecule has 6 nitrogen and oxygen atoms in total. The molecule has 0 saturated heterocycles. The summed E-state index contributed by atoms with van der Waals surface area (Å²) in [5.41, 5.74) is 9.08. The Hall–Kier alpha value is -3.45.